The van der Waals surface area contributed by atoms with Crippen LogP contribution in [0.25, 0.3) is 0 Å². The Morgan fingerprint density at radius 3 is 2.63 bits per heavy atom. The highest BCUT2D eigenvalue weighted by Gasteiger charge is 2.10. The molecule has 2 rings (SSSR count). The topological polar surface area (TPSA) is 62.2 Å². The fraction of sp³-hybridized carbons (Fsp3) is 0. The van der Waals surface area contributed by atoms with E-state index in [1.807, 2.05) is 0 Å². The van der Waals surface area contributed by atoms with Crippen LogP contribution in [0, 0.1) is 0 Å². The van der Waals surface area contributed by atoms with Gasteiger partial charge in [-0.05, 0) is 24.3 Å². The summed E-state index contributed by atoms with van der Waals surface area (Å²) in [5, 5.41) is 12.6. The Kier molecular flexibility index (Phi) is 4.14. The average Bonchev–Trinajstić information content (AvgIpc) is 2.34. The maximum Gasteiger partial charge on any atom is 0.335 e. The van der Waals surface area contributed by atoms with Gasteiger partial charge >= 0.3 is 5.97 Å². The van der Waals surface area contributed by atoms with E-state index < -0.39 is 5.97 Å². The zero-order valence-electron chi connectivity index (χ0n) is 9.32. The monoisotopic (exact) mass is 316 g/mol. The Balaban J connectivity index is 2.38. The molecule has 1 heterocycles. The highest BCUT2D eigenvalue weighted by Crippen LogP contribution is 2.31. The molecule has 0 saturated heterocycles. The lowest BCUT2D eigenvalue weighted by molar-refractivity contribution is 0.0697. The van der Waals surface area contributed by atoms with Gasteiger partial charge in [-0.15, -0.1) is 0 Å². The van der Waals surface area contributed by atoms with Crippen molar-refractivity contribution in [2.75, 3.05) is 5.32 Å². The van der Waals surface area contributed by atoms with Crippen LogP contribution in [0.15, 0.2) is 30.3 Å². The number of aromatic carboxylic acids is 1. The van der Waals surface area contributed by atoms with Gasteiger partial charge in [0.25, 0.3) is 0 Å². The normalized spacial score (nSPS) is 10.3. The van der Waals surface area contributed by atoms with Crippen molar-refractivity contribution in [3.8, 4) is 0 Å². The van der Waals surface area contributed by atoms with Crippen LogP contribution >= 0.6 is 34.8 Å². The highest BCUT2D eigenvalue weighted by atomic mass is 35.5. The number of anilines is 2. The second-order valence-corrected chi connectivity index (χ2v) is 4.77. The van der Waals surface area contributed by atoms with Crippen molar-refractivity contribution in [1.82, 2.24) is 4.98 Å². The average molecular weight is 318 g/mol. The van der Waals surface area contributed by atoms with Crippen LogP contribution in [0.1, 0.15) is 10.4 Å². The summed E-state index contributed by atoms with van der Waals surface area (Å²) < 4.78 is 0. The minimum Gasteiger partial charge on any atom is -0.478 e. The highest BCUT2D eigenvalue weighted by molar-refractivity contribution is 6.43. The summed E-state index contributed by atoms with van der Waals surface area (Å²) in [6.45, 7) is 0. The van der Waals surface area contributed by atoms with Gasteiger partial charge in [0.05, 0.1) is 21.3 Å². The van der Waals surface area contributed by atoms with E-state index in [2.05, 4.69) is 10.3 Å². The molecule has 1 aromatic heterocycles. The fourth-order valence-corrected chi connectivity index (χ4v) is 1.98. The van der Waals surface area contributed by atoms with Crippen molar-refractivity contribution in [3.63, 3.8) is 0 Å². The van der Waals surface area contributed by atoms with Gasteiger partial charge in [-0.2, -0.15) is 0 Å². The third-order valence-corrected chi connectivity index (χ3v) is 3.27. The molecule has 0 bridgehead atoms. The van der Waals surface area contributed by atoms with Crippen molar-refractivity contribution in [2.45, 2.75) is 0 Å². The predicted octanol–water partition coefficient (Wildman–Crippen LogP) is 4.48. The second-order valence-electron chi connectivity index (χ2n) is 3.60. The van der Waals surface area contributed by atoms with Gasteiger partial charge in [0.1, 0.15) is 11.0 Å². The van der Waals surface area contributed by atoms with Crippen molar-refractivity contribution in [2.24, 2.45) is 0 Å². The zero-order valence-corrected chi connectivity index (χ0v) is 11.6. The van der Waals surface area contributed by atoms with E-state index >= 15 is 0 Å². The van der Waals surface area contributed by atoms with Crippen molar-refractivity contribution in [1.29, 1.82) is 0 Å². The molecule has 0 unspecified atom stereocenters. The number of carbonyl (C=O) groups is 1. The van der Waals surface area contributed by atoms with Gasteiger partial charge in [0, 0.05) is 0 Å². The molecule has 0 aliphatic rings. The van der Waals surface area contributed by atoms with Crippen LogP contribution in [0.3, 0.4) is 0 Å². The SMILES string of the molecule is O=C(O)c1cc(Cl)nc(Nc2cccc(Cl)c2Cl)c1. The molecule has 0 fully saturated rings. The number of carboxylic acid groups (broad SMARTS) is 1. The van der Waals surface area contributed by atoms with Gasteiger partial charge in [0.15, 0.2) is 0 Å². The zero-order chi connectivity index (χ0) is 14.0. The Hall–Kier alpha value is -1.49. The summed E-state index contributed by atoms with van der Waals surface area (Å²) in [7, 11) is 0. The molecular weight excluding hydrogens is 311 g/mol. The molecule has 0 aliphatic heterocycles. The third-order valence-electron chi connectivity index (χ3n) is 2.26. The first-order chi connectivity index (χ1) is 8.97. The molecule has 0 saturated carbocycles. The number of benzene rings is 1. The smallest absolute Gasteiger partial charge is 0.335 e. The number of rotatable bonds is 3. The lowest BCUT2D eigenvalue weighted by Gasteiger charge is -2.09. The van der Waals surface area contributed by atoms with Crippen LogP contribution in [-0.2, 0) is 0 Å². The van der Waals surface area contributed by atoms with Gasteiger partial charge in [-0.25, -0.2) is 9.78 Å². The summed E-state index contributed by atoms with van der Waals surface area (Å²) in [6.07, 6.45) is 0. The molecule has 1 aromatic carbocycles. The molecule has 19 heavy (non-hydrogen) atoms. The van der Waals surface area contributed by atoms with Crippen LogP contribution in [-0.4, -0.2) is 16.1 Å². The predicted molar refractivity (Wildman–Crippen MR) is 76.0 cm³/mol. The van der Waals surface area contributed by atoms with Gasteiger partial charge in [-0.1, -0.05) is 40.9 Å². The first kappa shape index (κ1) is 13.9. The van der Waals surface area contributed by atoms with Gasteiger partial charge in [-0.3, -0.25) is 0 Å². The molecule has 0 spiro atoms. The quantitative estimate of drug-likeness (QED) is 0.819. The lowest BCUT2D eigenvalue weighted by Crippen LogP contribution is -2.01. The molecule has 0 amide bonds. The Bertz CT molecular complexity index is 647. The summed E-state index contributed by atoms with van der Waals surface area (Å²) in [5.41, 5.74) is 0.543. The number of halogens is 3. The molecule has 98 valence electrons. The van der Waals surface area contributed by atoms with Gasteiger partial charge in [0.2, 0.25) is 0 Å². The lowest BCUT2D eigenvalue weighted by atomic mass is 10.2. The largest absolute Gasteiger partial charge is 0.478 e. The van der Waals surface area contributed by atoms with E-state index in [1.165, 1.54) is 12.1 Å². The van der Waals surface area contributed by atoms with Crippen molar-refractivity contribution < 1.29 is 9.90 Å². The maximum atomic E-state index is 10.9. The molecule has 2 N–H and O–H groups in total. The van der Waals surface area contributed by atoms with Crippen LogP contribution in [0.2, 0.25) is 15.2 Å². The number of hydrogen-bond acceptors (Lipinski definition) is 3. The molecule has 4 nitrogen and oxygen atoms in total. The van der Waals surface area contributed by atoms with E-state index in [-0.39, 0.29) is 16.5 Å². The van der Waals surface area contributed by atoms with E-state index in [1.54, 1.807) is 18.2 Å². The summed E-state index contributed by atoms with van der Waals surface area (Å²) in [5.74, 6) is -0.821. The Morgan fingerprint density at radius 2 is 1.95 bits per heavy atom. The number of hydrogen-bond donors (Lipinski definition) is 2. The first-order valence-electron chi connectivity index (χ1n) is 5.09. The number of nitrogens with one attached hydrogen (secondary N) is 1. The summed E-state index contributed by atoms with van der Waals surface area (Å²) in [6, 6.07) is 7.65. The molecule has 0 atom stereocenters. The van der Waals surface area contributed by atoms with Gasteiger partial charge < -0.3 is 10.4 Å². The minimum absolute atomic E-state index is 0.0284. The van der Waals surface area contributed by atoms with E-state index in [0.29, 0.717) is 15.7 Å². The third kappa shape index (κ3) is 3.29. The number of nitrogens with zero attached hydrogens (tertiary/aromatic N) is 1. The molecule has 7 heteroatoms. The number of pyridine rings is 1. The molecule has 0 aliphatic carbocycles. The standard InChI is InChI=1S/C12H7Cl3N2O2/c13-7-2-1-3-8(11(7)15)16-10-5-6(12(18)19)4-9(14)17-10/h1-5H,(H,16,17)(H,18,19). The molecule has 0 radical (unpaired) electrons. The Labute approximate surface area is 123 Å². The second kappa shape index (κ2) is 5.65. The van der Waals surface area contributed by atoms with E-state index in [9.17, 15) is 4.79 Å². The summed E-state index contributed by atoms with van der Waals surface area (Å²) >= 11 is 17.7. The molecule has 2 aromatic rings. The van der Waals surface area contributed by atoms with Crippen molar-refractivity contribution >= 4 is 52.3 Å². The number of aromatic nitrogens is 1. The summed E-state index contributed by atoms with van der Waals surface area (Å²) in [4.78, 5) is 14.9. The van der Waals surface area contributed by atoms with E-state index in [0.717, 1.165) is 0 Å². The van der Waals surface area contributed by atoms with E-state index in [4.69, 9.17) is 39.9 Å². The van der Waals surface area contributed by atoms with Crippen LogP contribution in [0.4, 0.5) is 11.5 Å². The van der Waals surface area contributed by atoms with Crippen LogP contribution < -0.4 is 5.32 Å². The van der Waals surface area contributed by atoms with Crippen LogP contribution in [0.5, 0.6) is 0 Å². The Morgan fingerprint density at radius 1 is 1.21 bits per heavy atom. The minimum atomic E-state index is -1.09. The molecular formula is C12H7Cl3N2O2. The van der Waals surface area contributed by atoms with Crippen molar-refractivity contribution in [3.05, 3.63) is 51.1 Å². The number of carboxylic acids is 1. The maximum absolute atomic E-state index is 10.9. The first-order valence-corrected chi connectivity index (χ1v) is 6.22. The fourth-order valence-electron chi connectivity index (χ4n) is 1.42.